The molecule has 33 heavy (non-hydrogen) atoms. The fraction of sp³-hybridized carbons (Fsp3) is 0.400. The zero-order valence-corrected chi connectivity index (χ0v) is 19.2. The van der Waals surface area contributed by atoms with Gasteiger partial charge in [0.15, 0.2) is 0 Å². The number of fused-ring (bicyclic) bond motifs is 1. The second kappa shape index (κ2) is 10.5. The molecule has 8 heteroatoms. The van der Waals surface area contributed by atoms with E-state index in [1.807, 2.05) is 6.92 Å². The molecule has 0 unspecified atom stereocenters. The molecule has 0 bridgehead atoms. The number of hydrogen-bond acceptors (Lipinski definition) is 5. The predicted octanol–water partition coefficient (Wildman–Crippen LogP) is 2.32. The van der Waals surface area contributed by atoms with E-state index in [2.05, 4.69) is 16.8 Å². The van der Waals surface area contributed by atoms with Gasteiger partial charge in [0.1, 0.15) is 17.5 Å². The number of likely N-dealkylation sites (N-methyl/N-ethyl adjacent to an activating group) is 1. The molecule has 0 radical (unpaired) electrons. The fourth-order valence-corrected chi connectivity index (χ4v) is 3.49. The number of pyridine rings is 1. The molecule has 0 saturated heterocycles. The zero-order valence-electron chi connectivity index (χ0n) is 19.2. The number of aliphatic hydroxyl groups excluding tert-OH is 1. The minimum Gasteiger partial charge on any atom is -0.472 e. The number of aromatic nitrogens is 1. The molecule has 1 N–H and O–H groups in total. The SMILES string of the molecule is CC(=O)N(C)C[C@@H]1Oc2ncc(C#Cc3ccccc3F)cc2C(=O)N([C@@H](C)CO)C[C@H]1C. The Balaban J connectivity index is 2.02. The average Bonchev–Trinajstić information content (AvgIpc) is 2.80. The summed E-state index contributed by atoms with van der Waals surface area (Å²) in [5, 5.41) is 9.72. The molecule has 2 amide bonds. The van der Waals surface area contributed by atoms with E-state index in [4.69, 9.17) is 4.74 Å². The van der Waals surface area contributed by atoms with Gasteiger partial charge in [-0.3, -0.25) is 9.59 Å². The van der Waals surface area contributed by atoms with E-state index >= 15 is 0 Å². The van der Waals surface area contributed by atoms with Crippen LogP contribution in [0.2, 0.25) is 0 Å². The molecule has 1 aliphatic rings. The summed E-state index contributed by atoms with van der Waals surface area (Å²) in [5.41, 5.74) is 0.873. The number of benzene rings is 1. The molecule has 2 heterocycles. The average molecular weight is 454 g/mol. The highest BCUT2D eigenvalue weighted by Gasteiger charge is 2.34. The molecular weight excluding hydrogens is 425 g/mol. The van der Waals surface area contributed by atoms with Crippen LogP contribution in [0.15, 0.2) is 36.5 Å². The van der Waals surface area contributed by atoms with Crippen molar-refractivity contribution in [3.8, 4) is 17.7 Å². The normalized spacial score (nSPS) is 18.7. The molecule has 3 atom stereocenters. The quantitative estimate of drug-likeness (QED) is 0.719. The van der Waals surface area contributed by atoms with Crippen molar-refractivity contribution < 1.29 is 23.8 Å². The Hall–Kier alpha value is -3.44. The van der Waals surface area contributed by atoms with Crippen LogP contribution in [-0.4, -0.2) is 70.6 Å². The van der Waals surface area contributed by atoms with Crippen LogP contribution in [0.5, 0.6) is 5.88 Å². The number of aliphatic hydroxyl groups is 1. The maximum atomic E-state index is 13.9. The molecule has 1 aromatic heterocycles. The number of rotatable bonds is 4. The minimum atomic E-state index is -0.432. The lowest BCUT2D eigenvalue weighted by Crippen LogP contribution is -2.50. The molecule has 2 aromatic rings. The smallest absolute Gasteiger partial charge is 0.259 e. The third-order valence-corrected chi connectivity index (χ3v) is 5.73. The van der Waals surface area contributed by atoms with Crippen molar-refractivity contribution in [1.29, 1.82) is 0 Å². The first-order valence-corrected chi connectivity index (χ1v) is 10.8. The van der Waals surface area contributed by atoms with E-state index in [1.165, 1.54) is 19.2 Å². The lowest BCUT2D eigenvalue weighted by Gasteiger charge is -2.37. The first kappa shape index (κ1) is 24.2. The summed E-state index contributed by atoms with van der Waals surface area (Å²) in [5.74, 6) is 4.76. The van der Waals surface area contributed by atoms with Crippen molar-refractivity contribution in [2.45, 2.75) is 32.9 Å². The Morgan fingerprint density at radius 1 is 1.39 bits per heavy atom. The predicted molar refractivity (Wildman–Crippen MR) is 121 cm³/mol. The van der Waals surface area contributed by atoms with Crippen LogP contribution in [0.25, 0.3) is 0 Å². The summed E-state index contributed by atoms with van der Waals surface area (Å²) in [4.78, 5) is 32.6. The third-order valence-electron chi connectivity index (χ3n) is 5.73. The van der Waals surface area contributed by atoms with E-state index in [1.54, 1.807) is 48.0 Å². The molecular formula is C25H28FN3O4. The molecule has 0 saturated carbocycles. The summed E-state index contributed by atoms with van der Waals surface area (Å²) < 4.78 is 20.0. The largest absolute Gasteiger partial charge is 0.472 e. The maximum Gasteiger partial charge on any atom is 0.259 e. The maximum absolute atomic E-state index is 13.9. The molecule has 1 aliphatic heterocycles. The fourth-order valence-electron chi connectivity index (χ4n) is 3.49. The standard InChI is InChI=1S/C25H28FN3O4/c1-16-13-29(17(2)15-30)25(32)21-11-19(9-10-20-7-5-6-8-22(20)26)12-27-24(21)33-23(16)14-28(4)18(3)31/h5-8,11-12,16-17,23,30H,13-15H2,1-4H3/t16-,17+,23+/m1/s1. The van der Waals surface area contributed by atoms with Gasteiger partial charge in [0.05, 0.1) is 24.8 Å². The molecule has 0 fully saturated rings. The first-order chi connectivity index (χ1) is 15.7. The number of amides is 2. The van der Waals surface area contributed by atoms with Crippen molar-refractivity contribution in [3.63, 3.8) is 0 Å². The monoisotopic (exact) mass is 453 g/mol. The molecule has 1 aromatic carbocycles. The first-order valence-electron chi connectivity index (χ1n) is 10.8. The Bertz CT molecular complexity index is 1090. The Morgan fingerprint density at radius 2 is 2.12 bits per heavy atom. The highest BCUT2D eigenvalue weighted by atomic mass is 19.1. The van der Waals surface area contributed by atoms with Crippen LogP contribution in [0.3, 0.4) is 0 Å². The van der Waals surface area contributed by atoms with E-state index in [-0.39, 0.29) is 41.3 Å². The van der Waals surface area contributed by atoms with E-state index in [0.717, 1.165) is 0 Å². The molecule has 0 aliphatic carbocycles. The summed E-state index contributed by atoms with van der Waals surface area (Å²) in [6.45, 7) is 5.63. The number of ether oxygens (including phenoxy) is 1. The Morgan fingerprint density at radius 3 is 2.79 bits per heavy atom. The Kier molecular flexibility index (Phi) is 7.67. The molecule has 0 spiro atoms. The third kappa shape index (κ3) is 5.68. The topological polar surface area (TPSA) is 83.0 Å². The minimum absolute atomic E-state index is 0.100. The summed E-state index contributed by atoms with van der Waals surface area (Å²) in [6, 6.07) is 7.31. The number of hydrogen-bond donors (Lipinski definition) is 1. The molecule has 3 rings (SSSR count). The second-order valence-corrected chi connectivity index (χ2v) is 8.33. The second-order valence-electron chi connectivity index (χ2n) is 8.33. The van der Waals surface area contributed by atoms with Gasteiger partial charge in [-0.1, -0.05) is 30.9 Å². The number of halogens is 1. The van der Waals surface area contributed by atoms with Crippen LogP contribution in [0.4, 0.5) is 4.39 Å². The highest BCUT2D eigenvalue weighted by molar-refractivity contribution is 5.97. The number of carbonyl (C=O) groups is 2. The van der Waals surface area contributed by atoms with Gasteiger partial charge in [-0.15, -0.1) is 0 Å². The van der Waals surface area contributed by atoms with Gasteiger partial charge in [0, 0.05) is 38.2 Å². The van der Waals surface area contributed by atoms with Crippen LogP contribution in [0.1, 0.15) is 42.3 Å². The van der Waals surface area contributed by atoms with Crippen LogP contribution < -0.4 is 4.74 Å². The van der Waals surface area contributed by atoms with Crippen molar-refractivity contribution in [2.24, 2.45) is 5.92 Å². The number of nitrogens with zero attached hydrogens (tertiary/aromatic N) is 3. The van der Waals surface area contributed by atoms with Crippen LogP contribution >= 0.6 is 0 Å². The highest BCUT2D eigenvalue weighted by Crippen LogP contribution is 2.27. The molecule has 7 nitrogen and oxygen atoms in total. The van der Waals surface area contributed by atoms with Gasteiger partial charge in [0.25, 0.3) is 5.91 Å². The van der Waals surface area contributed by atoms with Gasteiger partial charge >= 0.3 is 0 Å². The van der Waals surface area contributed by atoms with Crippen LogP contribution in [0, 0.1) is 23.6 Å². The summed E-state index contributed by atoms with van der Waals surface area (Å²) in [7, 11) is 1.69. The van der Waals surface area contributed by atoms with E-state index < -0.39 is 18.0 Å². The lowest BCUT2D eigenvalue weighted by atomic mass is 10.00. The van der Waals surface area contributed by atoms with Gasteiger partial charge in [-0.05, 0) is 25.1 Å². The van der Waals surface area contributed by atoms with Crippen molar-refractivity contribution in [3.05, 3.63) is 59.0 Å². The summed E-state index contributed by atoms with van der Waals surface area (Å²) in [6.07, 6.45) is 1.06. The van der Waals surface area contributed by atoms with Crippen LogP contribution in [-0.2, 0) is 4.79 Å². The van der Waals surface area contributed by atoms with Crippen molar-refractivity contribution in [2.75, 3.05) is 26.7 Å². The summed E-state index contributed by atoms with van der Waals surface area (Å²) >= 11 is 0. The van der Waals surface area contributed by atoms with Gasteiger partial charge in [-0.25, -0.2) is 9.37 Å². The van der Waals surface area contributed by atoms with Crippen molar-refractivity contribution in [1.82, 2.24) is 14.8 Å². The van der Waals surface area contributed by atoms with E-state index in [9.17, 15) is 19.1 Å². The zero-order chi connectivity index (χ0) is 24.1. The number of carbonyl (C=O) groups excluding carboxylic acids is 2. The molecule has 174 valence electrons. The van der Waals surface area contributed by atoms with E-state index in [0.29, 0.717) is 18.7 Å². The van der Waals surface area contributed by atoms with Gasteiger partial charge in [-0.2, -0.15) is 0 Å². The Labute approximate surface area is 193 Å². The van der Waals surface area contributed by atoms with Gasteiger partial charge in [0.2, 0.25) is 11.8 Å². The lowest BCUT2D eigenvalue weighted by molar-refractivity contribution is -0.129. The van der Waals surface area contributed by atoms with Crippen molar-refractivity contribution >= 4 is 11.8 Å². The van der Waals surface area contributed by atoms with Gasteiger partial charge < -0.3 is 19.6 Å².